The first-order valence-corrected chi connectivity index (χ1v) is 12.2. The van der Waals surface area contributed by atoms with Crippen LogP contribution >= 0.6 is 0 Å². The van der Waals surface area contributed by atoms with Crippen LogP contribution in [0.4, 0.5) is 0 Å². The van der Waals surface area contributed by atoms with Crippen LogP contribution in [0.25, 0.3) is 0 Å². The lowest BCUT2D eigenvalue weighted by molar-refractivity contribution is -0.159. The van der Waals surface area contributed by atoms with E-state index in [1.807, 2.05) is 48.2 Å². The molecule has 0 bridgehead atoms. The van der Waals surface area contributed by atoms with E-state index in [4.69, 9.17) is 4.74 Å². The second kappa shape index (κ2) is 9.49. The monoisotopic (exact) mass is 461 g/mol. The number of piperazine rings is 1. The quantitative estimate of drug-likeness (QED) is 0.717. The van der Waals surface area contributed by atoms with Crippen molar-refractivity contribution in [2.45, 2.75) is 64.3 Å². The average Bonchev–Trinajstić information content (AvgIpc) is 3.39. The fourth-order valence-corrected chi connectivity index (χ4v) is 5.40. The summed E-state index contributed by atoms with van der Waals surface area (Å²) in [6.45, 7) is 3.45. The maximum Gasteiger partial charge on any atom is 0.251 e. The summed E-state index contributed by atoms with van der Waals surface area (Å²) in [6.07, 6.45) is 4.85. The van der Waals surface area contributed by atoms with E-state index >= 15 is 0 Å². The zero-order chi connectivity index (χ0) is 23.7. The molecule has 1 N–H and O–H groups in total. The lowest BCUT2D eigenvalue weighted by Crippen LogP contribution is -2.63. The van der Waals surface area contributed by atoms with Gasteiger partial charge in [-0.3, -0.25) is 14.4 Å². The maximum atomic E-state index is 13.2. The molecule has 1 aliphatic carbocycles. The normalized spacial score (nSPS) is 20.2. The zero-order valence-electron chi connectivity index (χ0n) is 19.6. The smallest absolute Gasteiger partial charge is 0.251 e. The van der Waals surface area contributed by atoms with Crippen LogP contribution in [0.3, 0.4) is 0 Å². The van der Waals surface area contributed by atoms with Crippen LogP contribution in [-0.4, -0.2) is 52.7 Å². The Kier molecular flexibility index (Phi) is 6.26. The predicted octanol–water partition coefficient (Wildman–Crippen LogP) is 3.05. The summed E-state index contributed by atoms with van der Waals surface area (Å²) in [6, 6.07) is 13.1. The minimum absolute atomic E-state index is 0.0376. The number of amides is 3. The van der Waals surface area contributed by atoms with E-state index < -0.39 is 6.04 Å². The molecule has 5 rings (SSSR count). The maximum absolute atomic E-state index is 13.2. The van der Waals surface area contributed by atoms with E-state index in [0.29, 0.717) is 37.4 Å². The standard InChI is InChI=1S/C27H31N3O4/c1-2-28-26(32)20-7-5-6-18(12-20)17-34-23-11-10-19-14-24-27(33)29(22-8-3-4-9-22)16-25(31)30(24)15-21(19)13-23/h5-7,10-13,22,24H,2-4,8-9,14-17H2,1H3,(H,28,32)/t24-/m1/s1. The minimum Gasteiger partial charge on any atom is -0.489 e. The second-order valence-corrected chi connectivity index (χ2v) is 9.43. The number of fused-ring (bicyclic) bond motifs is 2. The van der Waals surface area contributed by atoms with Gasteiger partial charge in [0.05, 0.1) is 0 Å². The van der Waals surface area contributed by atoms with E-state index in [-0.39, 0.29) is 30.3 Å². The van der Waals surface area contributed by atoms with Gasteiger partial charge in [0.15, 0.2) is 0 Å². The predicted molar refractivity (Wildman–Crippen MR) is 127 cm³/mol. The third kappa shape index (κ3) is 4.39. The first kappa shape index (κ1) is 22.4. The number of hydrogen-bond acceptors (Lipinski definition) is 4. The molecule has 0 unspecified atom stereocenters. The van der Waals surface area contributed by atoms with Gasteiger partial charge < -0.3 is 19.9 Å². The third-order valence-electron chi connectivity index (χ3n) is 7.20. The molecule has 2 aromatic rings. The Morgan fingerprint density at radius 1 is 1.03 bits per heavy atom. The second-order valence-electron chi connectivity index (χ2n) is 9.43. The molecule has 1 saturated carbocycles. The van der Waals surface area contributed by atoms with Crippen molar-refractivity contribution in [3.63, 3.8) is 0 Å². The van der Waals surface area contributed by atoms with Crippen LogP contribution in [0, 0.1) is 0 Å². The van der Waals surface area contributed by atoms with Gasteiger partial charge in [-0.05, 0) is 60.7 Å². The molecular weight excluding hydrogens is 430 g/mol. The molecule has 34 heavy (non-hydrogen) atoms. The van der Waals surface area contributed by atoms with Gasteiger partial charge >= 0.3 is 0 Å². The van der Waals surface area contributed by atoms with E-state index in [0.717, 1.165) is 42.4 Å². The van der Waals surface area contributed by atoms with E-state index in [2.05, 4.69) is 5.32 Å². The number of rotatable bonds is 6. The van der Waals surface area contributed by atoms with Gasteiger partial charge in [0, 0.05) is 31.1 Å². The molecule has 7 nitrogen and oxygen atoms in total. The van der Waals surface area contributed by atoms with Gasteiger partial charge in [-0.15, -0.1) is 0 Å². The summed E-state index contributed by atoms with van der Waals surface area (Å²) in [4.78, 5) is 41.8. The molecule has 0 aromatic heterocycles. The van der Waals surface area contributed by atoms with Crippen LogP contribution in [0.2, 0.25) is 0 Å². The van der Waals surface area contributed by atoms with Crippen molar-refractivity contribution in [2.75, 3.05) is 13.1 Å². The highest BCUT2D eigenvalue weighted by molar-refractivity contribution is 5.96. The molecule has 7 heteroatoms. The van der Waals surface area contributed by atoms with Gasteiger partial charge in [-0.2, -0.15) is 0 Å². The number of carbonyl (C=O) groups excluding carboxylic acids is 3. The lowest BCUT2D eigenvalue weighted by atomic mass is 9.91. The molecule has 0 spiro atoms. The van der Waals surface area contributed by atoms with Crippen LogP contribution in [0.5, 0.6) is 5.75 Å². The summed E-state index contributed by atoms with van der Waals surface area (Å²) in [5.74, 6) is 0.754. The highest BCUT2D eigenvalue weighted by Crippen LogP contribution is 2.33. The first-order chi connectivity index (χ1) is 16.5. The minimum atomic E-state index is -0.391. The van der Waals surface area contributed by atoms with Gasteiger partial charge in [-0.25, -0.2) is 0 Å². The fourth-order valence-electron chi connectivity index (χ4n) is 5.40. The summed E-state index contributed by atoms with van der Waals surface area (Å²) in [7, 11) is 0. The summed E-state index contributed by atoms with van der Waals surface area (Å²) < 4.78 is 6.01. The molecule has 3 aliphatic rings. The Labute approximate surface area is 200 Å². The molecule has 1 saturated heterocycles. The topological polar surface area (TPSA) is 79.0 Å². The number of ether oxygens (including phenoxy) is 1. The van der Waals surface area contributed by atoms with E-state index in [1.165, 1.54) is 0 Å². The highest BCUT2D eigenvalue weighted by Gasteiger charge is 2.44. The molecule has 2 aromatic carbocycles. The Bertz CT molecular complexity index is 1110. The van der Waals surface area contributed by atoms with E-state index in [9.17, 15) is 14.4 Å². The van der Waals surface area contributed by atoms with Crippen molar-refractivity contribution in [3.8, 4) is 5.75 Å². The van der Waals surface area contributed by atoms with Crippen LogP contribution in [0.15, 0.2) is 42.5 Å². The molecule has 3 amide bonds. The van der Waals surface area contributed by atoms with Crippen LogP contribution < -0.4 is 10.1 Å². The van der Waals surface area contributed by atoms with Crippen LogP contribution in [-0.2, 0) is 29.2 Å². The Morgan fingerprint density at radius 3 is 2.65 bits per heavy atom. The highest BCUT2D eigenvalue weighted by atomic mass is 16.5. The first-order valence-electron chi connectivity index (χ1n) is 12.2. The lowest BCUT2D eigenvalue weighted by Gasteiger charge is -2.45. The molecular formula is C27H31N3O4. The average molecular weight is 462 g/mol. The van der Waals surface area contributed by atoms with Crippen molar-refractivity contribution in [3.05, 3.63) is 64.7 Å². The fraction of sp³-hybridized carbons (Fsp3) is 0.444. The van der Waals surface area contributed by atoms with Gasteiger partial charge in [0.25, 0.3) is 5.91 Å². The van der Waals surface area contributed by atoms with Gasteiger partial charge in [0.2, 0.25) is 11.8 Å². The van der Waals surface area contributed by atoms with Gasteiger partial charge in [0.1, 0.15) is 24.9 Å². The Morgan fingerprint density at radius 2 is 1.85 bits per heavy atom. The zero-order valence-corrected chi connectivity index (χ0v) is 19.6. The molecule has 2 fully saturated rings. The molecule has 2 aliphatic heterocycles. The van der Waals surface area contributed by atoms with Crippen molar-refractivity contribution in [2.24, 2.45) is 0 Å². The number of nitrogens with one attached hydrogen (secondary N) is 1. The van der Waals surface area contributed by atoms with Crippen molar-refractivity contribution >= 4 is 17.7 Å². The number of hydrogen-bond donors (Lipinski definition) is 1. The molecule has 178 valence electrons. The number of benzene rings is 2. The summed E-state index contributed by atoms with van der Waals surface area (Å²) >= 11 is 0. The van der Waals surface area contributed by atoms with E-state index in [1.54, 1.807) is 11.0 Å². The number of nitrogens with zero attached hydrogens (tertiary/aromatic N) is 2. The summed E-state index contributed by atoms with van der Waals surface area (Å²) in [5.41, 5.74) is 3.64. The number of carbonyl (C=O) groups is 3. The Hall–Kier alpha value is -3.35. The van der Waals surface area contributed by atoms with Crippen molar-refractivity contribution in [1.82, 2.24) is 15.1 Å². The molecule has 2 heterocycles. The summed E-state index contributed by atoms with van der Waals surface area (Å²) in [5, 5.41) is 2.81. The van der Waals surface area contributed by atoms with Crippen molar-refractivity contribution < 1.29 is 19.1 Å². The largest absolute Gasteiger partial charge is 0.489 e. The molecule has 1 atom stereocenters. The van der Waals surface area contributed by atoms with Gasteiger partial charge in [-0.1, -0.05) is 31.0 Å². The Balaban J connectivity index is 1.27. The molecule has 0 radical (unpaired) electrons. The van der Waals surface area contributed by atoms with Crippen molar-refractivity contribution in [1.29, 1.82) is 0 Å². The third-order valence-corrected chi connectivity index (χ3v) is 7.20. The SMILES string of the molecule is CCNC(=O)c1cccc(COc2ccc3c(c2)CN2C(=O)CN(C4CCCC4)C(=O)[C@H]2C3)c1. The van der Waals surface area contributed by atoms with Crippen LogP contribution in [0.1, 0.15) is 59.7 Å².